The number of aliphatic carboxylic acids is 1. The monoisotopic (exact) mass is 239 g/mol. The van der Waals surface area contributed by atoms with Crippen molar-refractivity contribution in [3.8, 4) is 0 Å². The molecule has 1 aromatic heterocycles. The topological polar surface area (TPSA) is 79.5 Å². The molecular formula is C11H17N3O3. The van der Waals surface area contributed by atoms with Crippen molar-refractivity contribution in [2.45, 2.75) is 45.2 Å². The molecule has 1 aliphatic carbocycles. The molecule has 0 unspecified atom stereocenters. The standard InChI is InChI=1S/C11H17N3O3/c1-2-10-12-9(13-17-10)7-14(8-3-4-8)6-5-11(15)16/h8H,2-7H2,1H3,(H,15,16). The Morgan fingerprint density at radius 1 is 1.59 bits per heavy atom. The molecule has 17 heavy (non-hydrogen) atoms. The zero-order valence-electron chi connectivity index (χ0n) is 9.93. The lowest BCUT2D eigenvalue weighted by molar-refractivity contribution is -0.137. The van der Waals surface area contributed by atoms with Gasteiger partial charge in [-0.2, -0.15) is 4.98 Å². The van der Waals surface area contributed by atoms with Crippen LogP contribution in [0.5, 0.6) is 0 Å². The summed E-state index contributed by atoms with van der Waals surface area (Å²) in [5, 5.41) is 12.6. The largest absolute Gasteiger partial charge is 0.481 e. The van der Waals surface area contributed by atoms with Gasteiger partial charge >= 0.3 is 5.97 Å². The van der Waals surface area contributed by atoms with Crippen molar-refractivity contribution < 1.29 is 14.4 Å². The van der Waals surface area contributed by atoms with Crippen LogP contribution in [0.15, 0.2) is 4.52 Å². The fourth-order valence-electron chi connectivity index (χ4n) is 1.75. The number of rotatable bonds is 7. The summed E-state index contributed by atoms with van der Waals surface area (Å²) in [5.74, 6) is 0.520. The molecule has 0 bridgehead atoms. The zero-order valence-corrected chi connectivity index (χ0v) is 9.93. The Balaban J connectivity index is 1.90. The van der Waals surface area contributed by atoms with Crippen LogP contribution in [-0.2, 0) is 17.8 Å². The van der Waals surface area contributed by atoms with Gasteiger partial charge in [-0.3, -0.25) is 9.69 Å². The molecule has 1 N–H and O–H groups in total. The summed E-state index contributed by atoms with van der Waals surface area (Å²) in [6.45, 7) is 3.10. The second-order valence-corrected chi connectivity index (χ2v) is 4.30. The smallest absolute Gasteiger partial charge is 0.304 e. The Kier molecular flexibility index (Phi) is 3.73. The highest BCUT2D eigenvalue weighted by Crippen LogP contribution is 2.27. The Labute approximate surface area is 99.6 Å². The molecule has 0 aliphatic heterocycles. The van der Waals surface area contributed by atoms with Crippen LogP contribution in [0.4, 0.5) is 0 Å². The van der Waals surface area contributed by atoms with E-state index in [4.69, 9.17) is 9.63 Å². The van der Waals surface area contributed by atoms with Crippen molar-refractivity contribution in [2.24, 2.45) is 0 Å². The molecule has 6 heteroatoms. The summed E-state index contributed by atoms with van der Waals surface area (Å²) in [6.07, 6.45) is 3.16. The molecule has 1 aromatic rings. The number of nitrogens with zero attached hydrogens (tertiary/aromatic N) is 3. The van der Waals surface area contributed by atoms with Gasteiger partial charge in [0.25, 0.3) is 0 Å². The Hall–Kier alpha value is -1.43. The summed E-state index contributed by atoms with van der Waals surface area (Å²) in [4.78, 5) is 16.9. The van der Waals surface area contributed by atoms with Crippen molar-refractivity contribution in [1.29, 1.82) is 0 Å². The quantitative estimate of drug-likeness (QED) is 0.766. The van der Waals surface area contributed by atoms with E-state index in [-0.39, 0.29) is 6.42 Å². The average Bonchev–Trinajstić information content (AvgIpc) is 3.04. The molecule has 0 amide bonds. The predicted molar refractivity (Wildman–Crippen MR) is 59.4 cm³/mol. The first-order valence-corrected chi connectivity index (χ1v) is 5.96. The van der Waals surface area contributed by atoms with Crippen molar-refractivity contribution >= 4 is 5.97 Å². The Bertz CT molecular complexity index is 387. The van der Waals surface area contributed by atoms with Crippen LogP contribution < -0.4 is 0 Å². The summed E-state index contributed by atoms with van der Waals surface area (Å²) >= 11 is 0. The molecule has 0 radical (unpaired) electrons. The van der Waals surface area contributed by atoms with Crippen LogP contribution in [0.1, 0.15) is 37.9 Å². The molecule has 1 fully saturated rings. The number of aromatic nitrogens is 2. The van der Waals surface area contributed by atoms with Crippen LogP contribution >= 0.6 is 0 Å². The molecule has 6 nitrogen and oxygen atoms in total. The van der Waals surface area contributed by atoms with Crippen LogP contribution in [0.3, 0.4) is 0 Å². The number of carboxylic acid groups (broad SMARTS) is 1. The minimum absolute atomic E-state index is 0.162. The maximum Gasteiger partial charge on any atom is 0.304 e. The maximum atomic E-state index is 10.6. The van der Waals surface area contributed by atoms with Gasteiger partial charge in [0, 0.05) is 19.0 Å². The van der Waals surface area contributed by atoms with Gasteiger partial charge in [0.1, 0.15) is 0 Å². The van der Waals surface area contributed by atoms with E-state index in [1.807, 2.05) is 6.92 Å². The van der Waals surface area contributed by atoms with Crippen molar-refractivity contribution in [3.05, 3.63) is 11.7 Å². The van der Waals surface area contributed by atoms with Gasteiger partial charge in [0.15, 0.2) is 5.82 Å². The second-order valence-electron chi connectivity index (χ2n) is 4.30. The highest BCUT2D eigenvalue weighted by molar-refractivity contribution is 5.66. The molecule has 0 spiro atoms. The molecule has 1 heterocycles. The van der Waals surface area contributed by atoms with Gasteiger partial charge < -0.3 is 9.63 Å². The third-order valence-corrected chi connectivity index (χ3v) is 2.83. The third-order valence-electron chi connectivity index (χ3n) is 2.83. The van der Waals surface area contributed by atoms with E-state index in [1.54, 1.807) is 0 Å². The third kappa shape index (κ3) is 3.52. The minimum atomic E-state index is -0.766. The van der Waals surface area contributed by atoms with Gasteiger partial charge in [-0.25, -0.2) is 0 Å². The molecule has 1 saturated carbocycles. The summed E-state index contributed by atoms with van der Waals surface area (Å²) in [5.41, 5.74) is 0. The van der Waals surface area contributed by atoms with Crippen LogP contribution in [0.25, 0.3) is 0 Å². The van der Waals surface area contributed by atoms with E-state index in [2.05, 4.69) is 15.0 Å². The zero-order chi connectivity index (χ0) is 12.3. The summed E-state index contributed by atoms with van der Waals surface area (Å²) < 4.78 is 5.04. The number of carbonyl (C=O) groups is 1. The number of aryl methyl sites for hydroxylation is 1. The molecule has 1 aliphatic rings. The molecule has 0 atom stereocenters. The number of hydrogen-bond acceptors (Lipinski definition) is 5. The van der Waals surface area contributed by atoms with Gasteiger partial charge in [0.2, 0.25) is 5.89 Å². The van der Waals surface area contributed by atoms with E-state index >= 15 is 0 Å². The lowest BCUT2D eigenvalue weighted by atomic mass is 10.3. The molecular weight excluding hydrogens is 222 g/mol. The van der Waals surface area contributed by atoms with Gasteiger partial charge in [-0.1, -0.05) is 12.1 Å². The molecule has 94 valence electrons. The fourth-order valence-corrected chi connectivity index (χ4v) is 1.75. The Morgan fingerprint density at radius 3 is 2.88 bits per heavy atom. The minimum Gasteiger partial charge on any atom is -0.481 e. The summed E-state index contributed by atoms with van der Waals surface area (Å²) in [7, 11) is 0. The van der Waals surface area contributed by atoms with Gasteiger partial charge in [0.05, 0.1) is 13.0 Å². The second kappa shape index (κ2) is 5.27. The van der Waals surface area contributed by atoms with Crippen molar-refractivity contribution in [1.82, 2.24) is 15.0 Å². The van der Waals surface area contributed by atoms with Gasteiger partial charge in [-0.05, 0) is 12.8 Å². The Morgan fingerprint density at radius 2 is 2.35 bits per heavy atom. The van der Waals surface area contributed by atoms with Crippen LogP contribution in [0, 0.1) is 0 Å². The summed E-state index contributed by atoms with van der Waals surface area (Å²) in [6, 6.07) is 0.498. The first kappa shape index (κ1) is 12.0. The highest BCUT2D eigenvalue weighted by Gasteiger charge is 2.30. The van der Waals surface area contributed by atoms with E-state index < -0.39 is 5.97 Å². The molecule has 0 aromatic carbocycles. The van der Waals surface area contributed by atoms with Crippen molar-refractivity contribution in [2.75, 3.05) is 6.54 Å². The highest BCUT2D eigenvalue weighted by atomic mass is 16.5. The van der Waals surface area contributed by atoms with Crippen LogP contribution in [0.2, 0.25) is 0 Å². The van der Waals surface area contributed by atoms with Crippen molar-refractivity contribution in [3.63, 3.8) is 0 Å². The number of carboxylic acids is 1. The lowest BCUT2D eigenvalue weighted by Gasteiger charge is -2.18. The van der Waals surface area contributed by atoms with Gasteiger partial charge in [-0.15, -0.1) is 0 Å². The first-order chi connectivity index (χ1) is 8.19. The van der Waals surface area contributed by atoms with E-state index in [0.717, 1.165) is 19.3 Å². The number of hydrogen-bond donors (Lipinski definition) is 1. The van der Waals surface area contributed by atoms with E-state index in [0.29, 0.717) is 30.8 Å². The fraction of sp³-hybridized carbons (Fsp3) is 0.727. The lowest BCUT2D eigenvalue weighted by Crippen LogP contribution is -2.28. The van der Waals surface area contributed by atoms with Crippen LogP contribution in [-0.4, -0.2) is 38.7 Å². The molecule has 0 saturated heterocycles. The first-order valence-electron chi connectivity index (χ1n) is 5.96. The SMILES string of the molecule is CCc1nc(CN(CCC(=O)O)C2CC2)no1. The molecule has 2 rings (SSSR count). The van der Waals surface area contributed by atoms with E-state index in [1.165, 1.54) is 0 Å². The normalized spacial score (nSPS) is 15.4. The predicted octanol–water partition coefficient (Wildman–Crippen LogP) is 1.07. The average molecular weight is 239 g/mol. The van der Waals surface area contributed by atoms with E-state index in [9.17, 15) is 4.79 Å². The maximum absolute atomic E-state index is 10.6.